The predicted molar refractivity (Wildman–Crippen MR) is 92.6 cm³/mol. The Morgan fingerprint density at radius 2 is 1.96 bits per heavy atom. The summed E-state index contributed by atoms with van der Waals surface area (Å²) in [5, 5.41) is 3.41. The molecule has 8 heteroatoms. The Morgan fingerprint density at radius 1 is 1.26 bits per heavy atom. The van der Waals surface area contributed by atoms with Gasteiger partial charge in [-0.3, -0.25) is 4.79 Å². The summed E-state index contributed by atoms with van der Waals surface area (Å²) >= 11 is 7.12. The number of aryl methyl sites for hydroxylation is 1. The van der Waals surface area contributed by atoms with E-state index < -0.39 is 10.0 Å². The first-order chi connectivity index (χ1) is 10.7. The molecule has 1 aromatic carbocycles. The molecule has 2 rings (SSSR count). The third kappa shape index (κ3) is 4.11. The lowest BCUT2D eigenvalue weighted by Gasteiger charge is -2.15. The lowest BCUT2D eigenvalue weighted by molar-refractivity contribution is 0.0944. The van der Waals surface area contributed by atoms with Gasteiger partial charge in [0.25, 0.3) is 5.91 Å². The zero-order valence-electron chi connectivity index (χ0n) is 12.9. The van der Waals surface area contributed by atoms with Crippen LogP contribution >= 0.6 is 22.9 Å². The molecule has 0 unspecified atom stereocenters. The SMILES string of the molecule is CNS(=O)(=O)c1ccc(C(=O)N[C@H](C)c2ccc(C)cc2Cl)s1. The second-order valence-corrected chi connectivity index (χ2v) is 8.65. The number of hydrogen-bond donors (Lipinski definition) is 2. The van der Waals surface area contributed by atoms with E-state index in [-0.39, 0.29) is 16.2 Å². The number of rotatable bonds is 5. The molecule has 1 aromatic heterocycles. The minimum atomic E-state index is -3.54. The monoisotopic (exact) mass is 372 g/mol. The van der Waals surface area contributed by atoms with Crippen molar-refractivity contribution in [3.05, 3.63) is 51.4 Å². The van der Waals surface area contributed by atoms with Gasteiger partial charge in [-0.15, -0.1) is 11.3 Å². The van der Waals surface area contributed by atoms with E-state index in [4.69, 9.17) is 11.6 Å². The molecule has 0 saturated carbocycles. The van der Waals surface area contributed by atoms with Crippen molar-refractivity contribution in [1.82, 2.24) is 10.0 Å². The number of carbonyl (C=O) groups excluding carboxylic acids is 1. The van der Waals surface area contributed by atoms with E-state index in [1.807, 2.05) is 32.0 Å². The van der Waals surface area contributed by atoms with Gasteiger partial charge in [-0.1, -0.05) is 23.7 Å². The first kappa shape index (κ1) is 17.9. The van der Waals surface area contributed by atoms with E-state index in [1.165, 1.54) is 19.2 Å². The van der Waals surface area contributed by atoms with Crippen molar-refractivity contribution in [2.75, 3.05) is 7.05 Å². The second-order valence-electron chi connectivity index (χ2n) is 5.05. The van der Waals surface area contributed by atoms with Gasteiger partial charge in [0, 0.05) is 5.02 Å². The van der Waals surface area contributed by atoms with Crippen LogP contribution in [0.3, 0.4) is 0 Å². The summed E-state index contributed by atoms with van der Waals surface area (Å²) in [6, 6.07) is 8.24. The largest absolute Gasteiger partial charge is 0.345 e. The van der Waals surface area contributed by atoms with Gasteiger partial charge in [0.05, 0.1) is 10.9 Å². The fourth-order valence-electron chi connectivity index (χ4n) is 2.02. The fraction of sp³-hybridized carbons (Fsp3) is 0.267. The maximum atomic E-state index is 12.3. The Bertz CT molecular complexity index is 831. The zero-order valence-corrected chi connectivity index (χ0v) is 15.3. The number of carbonyl (C=O) groups is 1. The van der Waals surface area contributed by atoms with E-state index in [1.54, 1.807) is 0 Å². The van der Waals surface area contributed by atoms with E-state index >= 15 is 0 Å². The average Bonchev–Trinajstić information content (AvgIpc) is 2.97. The van der Waals surface area contributed by atoms with Crippen molar-refractivity contribution in [1.29, 1.82) is 0 Å². The molecule has 124 valence electrons. The highest BCUT2D eigenvalue weighted by molar-refractivity contribution is 7.91. The third-order valence-corrected chi connectivity index (χ3v) is 6.63. The van der Waals surface area contributed by atoms with E-state index in [0.717, 1.165) is 22.5 Å². The molecule has 0 aliphatic heterocycles. The topological polar surface area (TPSA) is 75.3 Å². The molecule has 2 N–H and O–H groups in total. The first-order valence-corrected chi connectivity index (χ1v) is 9.52. The van der Waals surface area contributed by atoms with Gasteiger partial charge in [0.15, 0.2) is 0 Å². The molecule has 1 amide bonds. The van der Waals surface area contributed by atoms with Crippen LogP contribution in [0.25, 0.3) is 0 Å². The van der Waals surface area contributed by atoms with Crippen LogP contribution in [-0.4, -0.2) is 21.4 Å². The summed E-state index contributed by atoms with van der Waals surface area (Å²) < 4.78 is 25.7. The van der Waals surface area contributed by atoms with Crippen LogP contribution in [0.15, 0.2) is 34.5 Å². The van der Waals surface area contributed by atoms with Crippen LogP contribution in [0.2, 0.25) is 5.02 Å². The van der Waals surface area contributed by atoms with Crippen molar-refractivity contribution in [2.24, 2.45) is 0 Å². The molecular weight excluding hydrogens is 356 g/mol. The van der Waals surface area contributed by atoms with Crippen molar-refractivity contribution in [3.8, 4) is 0 Å². The third-order valence-electron chi connectivity index (χ3n) is 3.31. The molecule has 23 heavy (non-hydrogen) atoms. The zero-order chi connectivity index (χ0) is 17.2. The fourth-order valence-corrected chi connectivity index (χ4v) is 4.46. The van der Waals surface area contributed by atoms with Crippen LogP contribution < -0.4 is 10.0 Å². The van der Waals surface area contributed by atoms with Crippen molar-refractivity contribution in [2.45, 2.75) is 24.1 Å². The maximum absolute atomic E-state index is 12.3. The molecule has 0 aliphatic rings. The van der Waals surface area contributed by atoms with Crippen LogP contribution in [0.5, 0.6) is 0 Å². The lowest BCUT2D eigenvalue weighted by atomic mass is 10.1. The predicted octanol–water partition coefficient (Wildman–Crippen LogP) is 3.11. The van der Waals surface area contributed by atoms with Crippen LogP contribution in [0.4, 0.5) is 0 Å². The molecule has 0 bridgehead atoms. The molecule has 1 atom stereocenters. The molecule has 0 fully saturated rings. The molecule has 2 aromatic rings. The minimum absolute atomic E-state index is 0.103. The first-order valence-electron chi connectivity index (χ1n) is 6.85. The van der Waals surface area contributed by atoms with E-state index in [0.29, 0.717) is 9.90 Å². The highest BCUT2D eigenvalue weighted by Crippen LogP contribution is 2.26. The van der Waals surface area contributed by atoms with Gasteiger partial charge in [-0.05, 0) is 50.2 Å². The van der Waals surface area contributed by atoms with Gasteiger partial charge in [-0.2, -0.15) is 0 Å². The standard InChI is InChI=1S/C15H17ClN2O3S2/c1-9-4-5-11(12(16)8-9)10(2)18-15(19)13-6-7-14(22-13)23(20,21)17-3/h4-8,10,17H,1-3H3,(H,18,19)/t10-/m1/s1. The normalized spacial score (nSPS) is 12.9. The Hall–Kier alpha value is -1.41. The molecule has 0 radical (unpaired) electrons. The van der Waals surface area contributed by atoms with Crippen molar-refractivity contribution >= 4 is 38.9 Å². The highest BCUT2D eigenvalue weighted by atomic mass is 35.5. The molecule has 0 aliphatic carbocycles. The number of thiophene rings is 1. The number of benzene rings is 1. The Morgan fingerprint density at radius 3 is 2.57 bits per heavy atom. The van der Waals surface area contributed by atoms with Crippen LogP contribution in [-0.2, 0) is 10.0 Å². The summed E-state index contributed by atoms with van der Waals surface area (Å²) in [5.74, 6) is -0.336. The van der Waals surface area contributed by atoms with E-state index in [2.05, 4.69) is 10.0 Å². The van der Waals surface area contributed by atoms with Crippen molar-refractivity contribution in [3.63, 3.8) is 0 Å². The highest BCUT2D eigenvalue weighted by Gasteiger charge is 2.19. The number of nitrogens with one attached hydrogen (secondary N) is 2. The van der Waals surface area contributed by atoms with E-state index in [9.17, 15) is 13.2 Å². The number of sulfonamides is 1. The Balaban J connectivity index is 2.16. The number of amides is 1. The van der Waals surface area contributed by atoms with Gasteiger partial charge < -0.3 is 5.32 Å². The van der Waals surface area contributed by atoms with Crippen LogP contribution in [0, 0.1) is 6.92 Å². The summed E-state index contributed by atoms with van der Waals surface area (Å²) in [4.78, 5) is 12.6. The minimum Gasteiger partial charge on any atom is -0.345 e. The Kier molecular flexibility index (Phi) is 5.46. The molecule has 1 heterocycles. The summed E-state index contributed by atoms with van der Waals surface area (Å²) in [6.07, 6.45) is 0. The molecule has 0 saturated heterocycles. The molecule has 0 spiro atoms. The van der Waals surface area contributed by atoms with Gasteiger partial charge in [0.2, 0.25) is 10.0 Å². The van der Waals surface area contributed by atoms with Gasteiger partial charge in [-0.25, -0.2) is 13.1 Å². The number of hydrogen-bond acceptors (Lipinski definition) is 4. The number of halogens is 1. The maximum Gasteiger partial charge on any atom is 0.261 e. The second kappa shape index (κ2) is 7.00. The summed E-state index contributed by atoms with van der Waals surface area (Å²) in [6.45, 7) is 3.77. The van der Waals surface area contributed by atoms with Crippen molar-refractivity contribution < 1.29 is 13.2 Å². The molecule has 5 nitrogen and oxygen atoms in total. The van der Waals surface area contributed by atoms with Gasteiger partial charge in [0.1, 0.15) is 4.21 Å². The summed E-state index contributed by atoms with van der Waals surface area (Å²) in [5.41, 5.74) is 1.85. The van der Waals surface area contributed by atoms with Gasteiger partial charge >= 0.3 is 0 Å². The quantitative estimate of drug-likeness (QED) is 0.846. The van der Waals surface area contributed by atoms with Crippen LogP contribution in [0.1, 0.15) is 33.8 Å². The molecular formula is C15H17ClN2O3S2. The Labute approximate surface area is 144 Å². The smallest absolute Gasteiger partial charge is 0.261 e. The lowest BCUT2D eigenvalue weighted by Crippen LogP contribution is -2.26. The average molecular weight is 373 g/mol. The summed E-state index contributed by atoms with van der Waals surface area (Å²) in [7, 11) is -2.21.